The molecule has 6 heteroatoms. The second kappa shape index (κ2) is 6.77. The number of carbonyl (C=O) groups excluding carboxylic acids is 1. The molecule has 0 unspecified atom stereocenters. The molecular formula is C16H23N3O3. The standard InChI is InChI=1S/C16H23N3O3/c1-16(2)7-4-9-19(16)15(22)18(10-6-14(20)21)12-13-5-3-8-17-11-13/h3,5,8,11H,4,6-7,9-10,12H2,1-2H3,(H,20,21). The first kappa shape index (κ1) is 16.3. The van der Waals surface area contributed by atoms with Gasteiger partial charge in [0.15, 0.2) is 0 Å². The lowest BCUT2D eigenvalue weighted by molar-refractivity contribution is -0.137. The Labute approximate surface area is 130 Å². The number of urea groups is 1. The molecule has 0 radical (unpaired) electrons. The normalized spacial score (nSPS) is 16.5. The van der Waals surface area contributed by atoms with Gasteiger partial charge in [-0.2, -0.15) is 0 Å². The van der Waals surface area contributed by atoms with E-state index in [9.17, 15) is 9.59 Å². The van der Waals surface area contributed by atoms with Crippen LogP contribution in [0.4, 0.5) is 4.79 Å². The third-order valence-electron chi connectivity index (χ3n) is 4.09. The second-order valence-corrected chi connectivity index (χ2v) is 6.28. The van der Waals surface area contributed by atoms with Crippen LogP contribution in [0.15, 0.2) is 24.5 Å². The summed E-state index contributed by atoms with van der Waals surface area (Å²) in [5, 5.41) is 8.91. The first-order chi connectivity index (χ1) is 10.4. The van der Waals surface area contributed by atoms with E-state index in [0.717, 1.165) is 24.9 Å². The topological polar surface area (TPSA) is 73.7 Å². The van der Waals surface area contributed by atoms with Crippen molar-refractivity contribution in [2.45, 2.75) is 45.2 Å². The molecule has 6 nitrogen and oxygen atoms in total. The third-order valence-corrected chi connectivity index (χ3v) is 4.09. The first-order valence-corrected chi connectivity index (χ1v) is 7.57. The minimum absolute atomic E-state index is 0.0553. The minimum atomic E-state index is -0.898. The van der Waals surface area contributed by atoms with Gasteiger partial charge < -0.3 is 14.9 Å². The van der Waals surface area contributed by atoms with Gasteiger partial charge in [0.1, 0.15) is 0 Å². The van der Waals surface area contributed by atoms with Gasteiger partial charge in [-0.3, -0.25) is 9.78 Å². The molecule has 0 saturated carbocycles. The van der Waals surface area contributed by atoms with Gasteiger partial charge in [0.2, 0.25) is 0 Å². The number of carboxylic acid groups (broad SMARTS) is 1. The van der Waals surface area contributed by atoms with Crippen LogP contribution in [0.5, 0.6) is 0 Å². The fourth-order valence-electron chi connectivity index (χ4n) is 2.82. The number of carboxylic acids is 1. The maximum Gasteiger partial charge on any atom is 0.320 e. The second-order valence-electron chi connectivity index (χ2n) is 6.28. The van der Waals surface area contributed by atoms with E-state index in [1.165, 1.54) is 0 Å². The van der Waals surface area contributed by atoms with Crippen molar-refractivity contribution in [2.75, 3.05) is 13.1 Å². The summed E-state index contributed by atoms with van der Waals surface area (Å²) in [5.74, 6) is -0.898. The molecule has 1 saturated heterocycles. The number of likely N-dealkylation sites (tertiary alicyclic amines) is 1. The molecule has 1 aliphatic heterocycles. The van der Waals surface area contributed by atoms with Crippen molar-refractivity contribution in [1.29, 1.82) is 0 Å². The number of aromatic nitrogens is 1. The summed E-state index contributed by atoms with van der Waals surface area (Å²) in [6.45, 7) is 5.42. The summed E-state index contributed by atoms with van der Waals surface area (Å²) >= 11 is 0. The Morgan fingerprint density at radius 2 is 2.23 bits per heavy atom. The molecular weight excluding hydrogens is 282 g/mol. The molecule has 0 aliphatic carbocycles. The van der Waals surface area contributed by atoms with E-state index in [-0.39, 0.29) is 24.5 Å². The van der Waals surface area contributed by atoms with Gasteiger partial charge in [-0.15, -0.1) is 0 Å². The summed E-state index contributed by atoms with van der Waals surface area (Å²) < 4.78 is 0. The van der Waals surface area contributed by atoms with Gasteiger partial charge in [0.25, 0.3) is 0 Å². The lowest BCUT2D eigenvalue weighted by Crippen LogP contribution is -2.50. The van der Waals surface area contributed by atoms with Crippen LogP contribution in [-0.4, -0.2) is 50.5 Å². The SMILES string of the molecule is CC1(C)CCCN1C(=O)N(CCC(=O)O)Cc1cccnc1. The Bertz CT molecular complexity index is 531. The molecule has 22 heavy (non-hydrogen) atoms. The van der Waals surface area contributed by atoms with Crippen molar-refractivity contribution in [3.05, 3.63) is 30.1 Å². The molecule has 0 bridgehead atoms. The number of hydrogen-bond donors (Lipinski definition) is 1. The number of pyridine rings is 1. The monoisotopic (exact) mass is 305 g/mol. The first-order valence-electron chi connectivity index (χ1n) is 7.57. The fourth-order valence-corrected chi connectivity index (χ4v) is 2.82. The Morgan fingerprint density at radius 3 is 2.77 bits per heavy atom. The van der Waals surface area contributed by atoms with Gasteiger partial charge in [0, 0.05) is 37.6 Å². The van der Waals surface area contributed by atoms with E-state index in [4.69, 9.17) is 5.11 Å². The van der Waals surface area contributed by atoms with E-state index in [1.807, 2.05) is 17.0 Å². The summed E-state index contributed by atoms with van der Waals surface area (Å²) in [4.78, 5) is 31.2. The van der Waals surface area contributed by atoms with Gasteiger partial charge in [-0.05, 0) is 38.3 Å². The van der Waals surface area contributed by atoms with Crippen molar-refractivity contribution in [1.82, 2.24) is 14.8 Å². The van der Waals surface area contributed by atoms with Crippen LogP contribution in [0, 0.1) is 0 Å². The number of rotatable bonds is 5. The van der Waals surface area contributed by atoms with Gasteiger partial charge in [-0.25, -0.2) is 4.79 Å². The highest BCUT2D eigenvalue weighted by Gasteiger charge is 2.37. The summed E-state index contributed by atoms with van der Waals surface area (Å²) in [6, 6.07) is 3.62. The van der Waals surface area contributed by atoms with Crippen LogP contribution in [0.3, 0.4) is 0 Å². The molecule has 2 rings (SSSR count). The number of amides is 2. The fraction of sp³-hybridized carbons (Fsp3) is 0.562. The highest BCUT2D eigenvalue weighted by Crippen LogP contribution is 2.29. The number of hydrogen-bond acceptors (Lipinski definition) is 3. The quantitative estimate of drug-likeness (QED) is 0.906. The highest BCUT2D eigenvalue weighted by molar-refractivity contribution is 5.76. The average molecular weight is 305 g/mol. The van der Waals surface area contributed by atoms with E-state index < -0.39 is 5.97 Å². The molecule has 2 heterocycles. The Morgan fingerprint density at radius 1 is 1.45 bits per heavy atom. The predicted octanol–water partition coefficient (Wildman–Crippen LogP) is 2.35. The lowest BCUT2D eigenvalue weighted by atomic mass is 10.0. The lowest BCUT2D eigenvalue weighted by Gasteiger charge is -2.36. The molecule has 120 valence electrons. The molecule has 0 spiro atoms. The molecule has 1 aliphatic rings. The van der Waals surface area contributed by atoms with Crippen LogP contribution in [0.2, 0.25) is 0 Å². The van der Waals surface area contributed by atoms with Gasteiger partial charge in [-0.1, -0.05) is 6.07 Å². The van der Waals surface area contributed by atoms with Crippen molar-refractivity contribution < 1.29 is 14.7 Å². The maximum atomic E-state index is 12.8. The van der Waals surface area contributed by atoms with Crippen LogP contribution in [0.25, 0.3) is 0 Å². The number of carbonyl (C=O) groups is 2. The van der Waals surface area contributed by atoms with Crippen molar-refractivity contribution >= 4 is 12.0 Å². The molecule has 0 aromatic carbocycles. The van der Waals surface area contributed by atoms with E-state index in [0.29, 0.717) is 6.54 Å². The maximum absolute atomic E-state index is 12.8. The Balaban J connectivity index is 2.12. The largest absolute Gasteiger partial charge is 0.481 e. The Kier molecular flexibility index (Phi) is 5.00. The molecule has 1 N–H and O–H groups in total. The third kappa shape index (κ3) is 3.96. The van der Waals surface area contributed by atoms with Crippen molar-refractivity contribution in [3.63, 3.8) is 0 Å². The summed E-state index contributed by atoms with van der Waals surface area (Å²) in [7, 11) is 0. The molecule has 0 atom stereocenters. The van der Waals surface area contributed by atoms with Crippen LogP contribution >= 0.6 is 0 Å². The van der Waals surface area contributed by atoms with Crippen molar-refractivity contribution in [2.24, 2.45) is 0 Å². The van der Waals surface area contributed by atoms with Crippen molar-refractivity contribution in [3.8, 4) is 0 Å². The van der Waals surface area contributed by atoms with Gasteiger partial charge in [0.05, 0.1) is 6.42 Å². The van der Waals surface area contributed by atoms with Crippen LogP contribution in [-0.2, 0) is 11.3 Å². The summed E-state index contributed by atoms with van der Waals surface area (Å²) in [5.41, 5.74) is 0.728. The zero-order valence-electron chi connectivity index (χ0n) is 13.2. The van der Waals surface area contributed by atoms with Crippen LogP contribution < -0.4 is 0 Å². The molecule has 2 amide bonds. The van der Waals surface area contributed by atoms with Crippen LogP contribution in [0.1, 0.15) is 38.7 Å². The van der Waals surface area contributed by atoms with E-state index in [2.05, 4.69) is 18.8 Å². The molecule has 1 aromatic heterocycles. The van der Waals surface area contributed by atoms with E-state index in [1.54, 1.807) is 17.3 Å². The average Bonchev–Trinajstić information content (AvgIpc) is 2.83. The molecule has 1 aromatic rings. The highest BCUT2D eigenvalue weighted by atomic mass is 16.4. The number of nitrogens with zero attached hydrogens (tertiary/aromatic N) is 3. The Hall–Kier alpha value is -2.11. The van der Waals surface area contributed by atoms with E-state index >= 15 is 0 Å². The predicted molar refractivity (Wildman–Crippen MR) is 82.3 cm³/mol. The van der Waals surface area contributed by atoms with Gasteiger partial charge >= 0.3 is 12.0 Å². The minimum Gasteiger partial charge on any atom is -0.481 e. The zero-order valence-corrected chi connectivity index (χ0v) is 13.2. The zero-order chi connectivity index (χ0) is 16.2. The smallest absolute Gasteiger partial charge is 0.320 e. The summed E-state index contributed by atoms with van der Waals surface area (Å²) in [6.07, 6.45) is 5.28. The molecule has 1 fully saturated rings. The number of aliphatic carboxylic acids is 1.